The summed E-state index contributed by atoms with van der Waals surface area (Å²) in [7, 11) is 0. The van der Waals surface area contributed by atoms with Crippen molar-refractivity contribution in [2.75, 3.05) is 6.54 Å². The van der Waals surface area contributed by atoms with Crippen molar-refractivity contribution < 1.29 is 13.2 Å². The van der Waals surface area contributed by atoms with Crippen LogP contribution >= 0.6 is 0 Å². The molecule has 0 saturated carbocycles. The molecule has 1 aromatic rings. The third kappa shape index (κ3) is 2.69. The zero-order valence-electron chi connectivity index (χ0n) is 10.6. The maximum atomic E-state index is 12.8. The maximum Gasteiger partial charge on any atom is 0.391 e. The summed E-state index contributed by atoms with van der Waals surface area (Å²) >= 11 is 0. The molecule has 0 aliphatic carbocycles. The van der Waals surface area contributed by atoms with Gasteiger partial charge >= 0.3 is 6.18 Å². The van der Waals surface area contributed by atoms with Gasteiger partial charge in [-0.05, 0) is 49.9 Å². The van der Waals surface area contributed by atoms with Crippen LogP contribution in [0.25, 0.3) is 0 Å². The number of hydrogen-bond donors (Lipinski definition) is 1. The summed E-state index contributed by atoms with van der Waals surface area (Å²) < 4.78 is 38.3. The van der Waals surface area contributed by atoms with Crippen molar-refractivity contribution in [1.29, 1.82) is 0 Å². The predicted octanol–water partition coefficient (Wildman–Crippen LogP) is 3.91. The van der Waals surface area contributed by atoms with Gasteiger partial charge in [0.05, 0.1) is 5.92 Å². The second kappa shape index (κ2) is 4.92. The van der Waals surface area contributed by atoms with Gasteiger partial charge in [-0.3, -0.25) is 0 Å². The van der Waals surface area contributed by atoms with Crippen molar-refractivity contribution >= 4 is 0 Å². The van der Waals surface area contributed by atoms with Crippen LogP contribution in [0.3, 0.4) is 0 Å². The van der Waals surface area contributed by atoms with Crippen LogP contribution in [0.5, 0.6) is 0 Å². The first-order valence-electron chi connectivity index (χ1n) is 6.26. The fourth-order valence-electron chi connectivity index (χ4n) is 2.60. The molecule has 1 saturated heterocycles. The monoisotopic (exact) mass is 257 g/mol. The van der Waals surface area contributed by atoms with Crippen LogP contribution < -0.4 is 5.32 Å². The highest BCUT2D eigenvalue weighted by atomic mass is 19.4. The van der Waals surface area contributed by atoms with E-state index in [1.807, 2.05) is 32.0 Å². The molecule has 100 valence electrons. The van der Waals surface area contributed by atoms with Gasteiger partial charge < -0.3 is 5.32 Å². The molecule has 1 aliphatic heterocycles. The highest BCUT2D eigenvalue weighted by Gasteiger charge is 2.42. The Morgan fingerprint density at radius 1 is 1.22 bits per heavy atom. The Labute approximate surface area is 105 Å². The van der Waals surface area contributed by atoms with Gasteiger partial charge in [0, 0.05) is 6.04 Å². The minimum Gasteiger partial charge on any atom is -0.310 e. The molecule has 18 heavy (non-hydrogen) atoms. The molecule has 2 atom stereocenters. The Morgan fingerprint density at radius 3 is 2.61 bits per heavy atom. The molecule has 2 unspecified atom stereocenters. The molecule has 2 rings (SSSR count). The van der Waals surface area contributed by atoms with E-state index in [1.54, 1.807) is 0 Å². The molecule has 1 aliphatic rings. The van der Waals surface area contributed by atoms with Crippen LogP contribution in [-0.4, -0.2) is 12.7 Å². The Morgan fingerprint density at radius 2 is 1.94 bits per heavy atom. The van der Waals surface area contributed by atoms with Crippen LogP contribution in [-0.2, 0) is 0 Å². The van der Waals surface area contributed by atoms with Crippen LogP contribution in [0, 0.1) is 19.8 Å². The fourth-order valence-corrected chi connectivity index (χ4v) is 2.60. The normalized spacial score (nSPS) is 25.2. The molecule has 1 nitrogen and oxygen atoms in total. The lowest BCUT2D eigenvalue weighted by molar-refractivity contribution is -0.183. The first-order valence-corrected chi connectivity index (χ1v) is 6.26. The van der Waals surface area contributed by atoms with Gasteiger partial charge in [0.1, 0.15) is 0 Å². The maximum absolute atomic E-state index is 12.8. The summed E-state index contributed by atoms with van der Waals surface area (Å²) in [4.78, 5) is 0. The van der Waals surface area contributed by atoms with E-state index in [1.165, 1.54) is 0 Å². The Kier molecular flexibility index (Phi) is 3.66. The number of benzene rings is 1. The minimum atomic E-state index is -4.07. The van der Waals surface area contributed by atoms with Gasteiger partial charge in [0.25, 0.3) is 0 Å². The van der Waals surface area contributed by atoms with E-state index in [2.05, 4.69) is 5.32 Å². The fraction of sp³-hybridized carbons (Fsp3) is 0.571. The largest absolute Gasteiger partial charge is 0.391 e. The van der Waals surface area contributed by atoms with Crippen LogP contribution in [0.2, 0.25) is 0 Å². The number of aryl methyl sites for hydroxylation is 1. The highest BCUT2D eigenvalue weighted by Crippen LogP contribution is 2.39. The molecular formula is C14H18F3N. The standard InChI is InChI=1S/C14H18F3N/c1-9-4-3-5-12(10(9)2)13-8-11(6-7-18-13)14(15,16)17/h3-5,11,13,18H,6-8H2,1-2H3. The molecular weight excluding hydrogens is 239 g/mol. The van der Waals surface area contributed by atoms with Crippen molar-refractivity contribution in [2.45, 2.75) is 38.9 Å². The summed E-state index contributed by atoms with van der Waals surface area (Å²) in [5.41, 5.74) is 3.23. The number of alkyl halides is 3. The van der Waals surface area contributed by atoms with E-state index >= 15 is 0 Å². The summed E-state index contributed by atoms with van der Waals surface area (Å²) in [5, 5.41) is 3.21. The first-order chi connectivity index (χ1) is 8.39. The smallest absolute Gasteiger partial charge is 0.310 e. The second-order valence-electron chi connectivity index (χ2n) is 5.06. The molecule has 1 aromatic carbocycles. The van der Waals surface area contributed by atoms with Crippen molar-refractivity contribution in [1.82, 2.24) is 5.32 Å². The van der Waals surface area contributed by atoms with Crippen molar-refractivity contribution in [3.63, 3.8) is 0 Å². The van der Waals surface area contributed by atoms with Crippen LogP contribution in [0.4, 0.5) is 13.2 Å². The van der Waals surface area contributed by atoms with Gasteiger partial charge in [-0.2, -0.15) is 13.2 Å². The Hall–Kier alpha value is -1.03. The molecule has 1 heterocycles. The second-order valence-corrected chi connectivity index (χ2v) is 5.06. The molecule has 4 heteroatoms. The summed E-state index contributed by atoms with van der Waals surface area (Å²) in [6.07, 6.45) is -3.74. The molecule has 0 radical (unpaired) electrons. The summed E-state index contributed by atoms with van der Waals surface area (Å²) in [6.45, 7) is 4.40. The molecule has 1 fully saturated rings. The van der Waals surface area contributed by atoms with Gasteiger partial charge in [-0.25, -0.2) is 0 Å². The molecule has 0 bridgehead atoms. The lowest BCUT2D eigenvalue weighted by Gasteiger charge is -2.32. The van der Waals surface area contributed by atoms with Gasteiger partial charge in [-0.1, -0.05) is 18.2 Å². The quantitative estimate of drug-likeness (QED) is 0.804. The minimum absolute atomic E-state index is 0.147. The zero-order chi connectivity index (χ0) is 13.3. The highest BCUT2D eigenvalue weighted by molar-refractivity contribution is 5.35. The third-order valence-electron chi connectivity index (χ3n) is 3.89. The Balaban J connectivity index is 2.21. The van der Waals surface area contributed by atoms with Gasteiger partial charge in [-0.15, -0.1) is 0 Å². The topological polar surface area (TPSA) is 12.0 Å². The van der Waals surface area contributed by atoms with Crippen molar-refractivity contribution in [3.8, 4) is 0 Å². The predicted molar refractivity (Wildman–Crippen MR) is 65.4 cm³/mol. The number of rotatable bonds is 1. The van der Waals surface area contributed by atoms with Crippen LogP contribution in [0.1, 0.15) is 35.6 Å². The molecule has 1 N–H and O–H groups in total. The van der Waals surface area contributed by atoms with E-state index in [0.29, 0.717) is 6.54 Å². The number of hydrogen-bond acceptors (Lipinski definition) is 1. The van der Waals surface area contributed by atoms with E-state index in [4.69, 9.17) is 0 Å². The lowest BCUT2D eigenvalue weighted by Crippen LogP contribution is -2.38. The lowest BCUT2D eigenvalue weighted by atomic mass is 9.86. The van der Waals surface area contributed by atoms with Gasteiger partial charge in [0.2, 0.25) is 0 Å². The average Bonchev–Trinajstić information content (AvgIpc) is 2.32. The molecule has 0 spiro atoms. The average molecular weight is 257 g/mol. The van der Waals surface area contributed by atoms with E-state index in [9.17, 15) is 13.2 Å². The van der Waals surface area contributed by atoms with Gasteiger partial charge in [0.15, 0.2) is 0 Å². The molecule has 0 aromatic heterocycles. The SMILES string of the molecule is Cc1cccc(C2CC(C(F)(F)F)CCN2)c1C. The number of nitrogens with one attached hydrogen (secondary N) is 1. The first kappa shape index (κ1) is 13.4. The third-order valence-corrected chi connectivity index (χ3v) is 3.89. The summed E-state index contributed by atoms with van der Waals surface area (Å²) in [6, 6.07) is 5.66. The van der Waals surface area contributed by atoms with Crippen molar-refractivity contribution in [2.24, 2.45) is 5.92 Å². The van der Waals surface area contributed by atoms with E-state index in [0.717, 1.165) is 16.7 Å². The Bertz CT molecular complexity index is 426. The van der Waals surface area contributed by atoms with Crippen molar-refractivity contribution in [3.05, 3.63) is 34.9 Å². The zero-order valence-corrected chi connectivity index (χ0v) is 10.6. The summed E-state index contributed by atoms with van der Waals surface area (Å²) in [5.74, 6) is -1.18. The number of piperidine rings is 1. The number of halogens is 3. The van der Waals surface area contributed by atoms with Crippen LogP contribution in [0.15, 0.2) is 18.2 Å². The molecule has 0 amide bonds. The van der Waals surface area contributed by atoms with E-state index in [-0.39, 0.29) is 18.9 Å². The van der Waals surface area contributed by atoms with E-state index < -0.39 is 12.1 Å².